The molecular formula is C12H18N2O3S. The molecule has 6 heteroatoms. The summed E-state index contributed by atoms with van der Waals surface area (Å²) in [5.74, 6) is -0.352. The van der Waals surface area contributed by atoms with Gasteiger partial charge in [0, 0.05) is 17.5 Å². The molecule has 0 bridgehead atoms. The molecule has 1 aromatic carbocycles. The number of amides is 1. The Balaban J connectivity index is 2.69. The smallest absolute Gasteiger partial charge is 0.253 e. The van der Waals surface area contributed by atoms with Crippen molar-refractivity contribution in [2.24, 2.45) is 0 Å². The van der Waals surface area contributed by atoms with Gasteiger partial charge in [-0.15, -0.1) is 0 Å². The van der Waals surface area contributed by atoms with Gasteiger partial charge in [0.2, 0.25) is 0 Å². The van der Waals surface area contributed by atoms with Crippen LogP contribution in [0.25, 0.3) is 0 Å². The number of carbonyl (C=O) groups excluding carboxylic acids is 1. The highest BCUT2D eigenvalue weighted by Crippen LogP contribution is 2.10. The quantitative estimate of drug-likeness (QED) is 0.775. The van der Waals surface area contributed by atoms with Gasteiger partial charge < -0.3 is 11.1 Å². The maximum absolute atomic E-state index is 11.9. The summed E-state index contributed by atoms with van der Waals surface area (Å²) < 4.78 is 22.8. The second-order valence-corrected chi connectivity index (χ2v) is 6.56. The molecule has 3 N–H and O–H groups in total. The zero-order chi connectivity index (χ0) is 13.8. The second-order valence-electron chi connectivity index (χ2n) is 4.16. The fraction of sp³-hybridized carbons (Fsp3) is 0.417. The number of nitrogen functional groups attached to an aromatic ring is 1. The van der Waals surface area contributed by atoms with Gasteiger partial charge in [0.15, 0.2) is 9.84 Å². The zero-order valence-electron chi connectivity index (χ0n) is 10.5. The van der Waals surface area contributed by atoms with Crippen LogP contribution in [-0.4, -0.2) is 31.9 Å². The van der Waals surface area contributed by atoms with E-state index in [2.05, 4.69) is 5.32 Å². The molecule has 0 aromatic heterocycles. The summed E-state index contributed by atoms with van der Waals surface area (Å²) >= 11 is 0. The highest BCUT2D eigenvalue weighted by molar-refractivity contribution is 7.91. The van der Waals surface area contributed by atoms with Gasteiger partial charge >= 0.3 is 0 Å². The molecule has 0 heterocycles. The Bertz CT molecular complexity index is 526. The van der Waals surface area contributed by atoms with E-state index < -0.39 is 15.9 Å². The zero-order valence-corrected chi connectivity index (χ0v) is 11.3. The lowest BCUT2D eigenvalue weighted by atomic mass is 10.1. The Hall–Kier alpha value is -1.56. The number of hydrogen-bond donors (Lipinski definition) is 2. The first-order valence-corrected chi connectivity index (χ1v) is 7.53. The second kappa shape index (κ2) is 5.86. The van der Waals surface area contributed by atoms with Crippen LogP contribution in [0, 0.1) is 0 Å². The van der Waals surface area contributed by atoms with Crippen LogP contribution in [0.15, 0.2) is 24.3 Å². The average Bonchev–Trinajstić information content (AvgIpc) is 2.28. The lowest BCUT2D eigenvalue weighted by Crippen LogP contribution is -2.38. The van der Waals surface area contributed by atoms with Crippen molar-refractivity contribution in [3.63, 3.8) is 0 Å². The van der Waals surface area contributed by atoms with Crippen LogP contribution < -0.4 is 11.1 Å². The van der Waals surface area contributed by atoms with Crippen LogP contribution in [0.3, 0.4) is 0 Å². The number of benzene rings is 1. The monoisotopic (exact) mass is 270 g/mol. The van der Waals surface area contributed by atoms with E-state index in [9.17, 15) is 13.2 Å². The Morgan fingerprint density at radius 2 is 2.00 bits per heavy atom. The van der Waals surface area contributed by atoms with Crippen molar-refractivity contribution in [2.45, 2.75) is 19.9 Å². The van der Waals surface area contributed by atoms with Gasteiger partial charge in [0.05, 0.1) is 11.3 Å². The molecule has 18 heavy (non-hydrogen) atoms. The minimum absolute atomic E-state index is 0.0675. The van der Waals surface area contributed by atoms with Crippen LogP contribution in [0.5, 0.6) is 0 Å². The number of para-hydroxylation sites is 1. The molecule has 1 amide bonds. The summed E-state index contributed by atoms with van der Waals surface area (Å²) in [7, 11) is -3.10. The summed E-state index contributed by atoms with van der Waals surface area (Å²) in [6.07, 6.45) is 0. The molecule has 0 fully saturated rings. The number of hydrogen-bond acceptors (Lipinski definition) is 4. The van der Waals surface area contributed by atoms with Crippen molar-refractivity contribution in [1.29, 1.82) is 0 Å². The minimum atomic E-state index is -3.10. The van der Waals surface area contributed by atoms with Gasteiger partial charge in [0.25, 0.3) is 5.91 Å². The Morgan fingerprint density at radius 3 is 2.56 bits per heavy atom. The molecule has 0 saturated heterocycles. The van der Waals surface area contributed by atoms with Crippen molar-refractivity contribution in [3.8, 4) is 0 Å². The van der Waals surface area contributed by atoms with Crippen molar-refractivity contribution >= 4 is 21.4 Å². The van der Waals surface area contributed by atoms with E-state index in [0.29, 0.717) is 11.3 Å². The van der Waals surface area contributed by atoms with E-state index >= 15 is 0 Å². The summed E-state index contributed by atoms with van der Waals surface area (Å²) in [6.45, 7) is 3.24. The van der Waals surface area contributed by atoms with E-state index in [1.165, 1.54) is 0 Å². The SMILES string of the molecule is CCS(=O)(=O)CC(C)NC(=O)c1ccccc1N. The Morgan fingerprint density at radius 1 is 1.39 bits per heavy atom. The Kier molecular flexibility index (Phi) is 4.72. The third-order valence-corrected chi connectivity index (χ3v) is 4.41. The highest BCUT2D eigenvalue weighted by atomic mass is 32.2. The number of rotatable bonds is 5. The molecule has 5 nitrogen and oxygen atoms in total. The number of nitrogens with one attached hydrogen (secondary N) is 1. The first-order chi connectivity index (χ1) is 8.35. The van der Waals surface area contributed by atoms with E-state index in [1.54, 1.807) is 38.1 Å². The van der Waals surface area contributed by atoms with Crippen LogP contribution in [0.2, 0.25) is 0 Å². The maximum atomic E-state index is 11.9. The van der Waals surface area contributed by atoms with Crippen molar-refractivity contribution in [1.82, 2.24) is 5.32 Å². The molecule has 0 saturated carbocycles. The molecule has 0 radical (unpaired) electrons. The summed E-state index contributed by atoms with van der Waals surface area (Å²) in [5.41, 5.74) is 6.41. The Labute approximate surface area is 107 Å². The normalized spacial score (nSPS) is 13.0. The highest BCUT2D eigenvalue weighted by Gasteiger charge is 2.17. The van der Waals surface area contributed by atoms with E-state index in [1.807, 2.05) is 0 Å². The molecule has 1 atom stereocenters. The van der Waals surface area contributed by atoms with Crippen LogP contribution >= 0.6 is 0 Å². The van der Waals surface area contributed by atoms with Gasteiger partial charge in [-0.05, 0) is 19.1 Å². The average molecular weight is 270 g/mol. The lowest BCUT2D eigenvalue weighted by molar-refractivity contribution is 0.0944. The summed E-state index contributed by atoms with van der Waals surface area (Å²) in [6, 6.07) is 6.23. The van der Waals surface area contributed by atoms with Gasteiger partial charge in [-0.1, -0.05) is 19.1 Å². The van der Waals surface area contributed by atoms with E-state index in [-0.39, 0.29) is 17.4 Å². The van der Waals surface area contributed by atoms with Gasteiger partial charge in [-0.25, -0.2) is 8.42 Å². The number of carbonyl (C=O) groups is 1. The van der Waals surface area contributed by atoms with Gasteiger partial charge in [-0.3, -0.25) is 4.79 Å². The molecule has 1 rings (SSSR count). The van der Waals surface area contributed by atoms with Gasteiger partial charge in [-0.2, -0.15) is 0 Å². The summed E-state index contributed by atoms with van der Waals surface area (Å²) in [5, 5.41) is 2.63. The van der Waals surface area contributed by atoms with Crippen molar-refractivity contribution in [3.05, 3.63) is 29.8 Å². The predicted molar refractivity (Wildman–Crippen MR) is 72.1 cm³/mol. The largest absolute Gasteiger partial charge is 0.398 e. The first kappa shape index (κ1) is 14.5. The first-order valence-electron chi connectivity index (χ1n) is 5.71. The molecule has 100 valence electrons. The van der Waals surface area contributed by atoms with Gasteiger partial charge in [0.1, 0.15) is 0 Å². The summed E-state index contributed by atoms with van der Waals surface area (Å²) in [4.78, 5) is 11.9. The fourth-order valence-corrected chi connectivity index (χ4v) is 2.63. The fourth-order valence-electron chi connectivity index (χ4n) is 1.55. The van der Waals surface area contributed by atoms with E-state index in [4.69, 9.17) is 5.73 Å². The minimum Gasteiger partial charge on any atom is -0.398 e. The number of sulfone groups is 1. The number of anilines is 1. The van der Waals surface area contributed by atoms with Crippen LogP contribution in [0.4, 0.5) is 5.69 Å². The van der Waals surface area contributed by atoms with E-state index in [0.717, 1.165) is 0 Å². The third kappa shape index (κ3) is 4.03. The molecular weight excluding hydrogens is 252 g/mol. The molecule has 1 unspecified atom stereocenters. The predicted octanol–water partition coefficient (Wildman–Crippen LogP) is 0.822. The van der Waals surface area contributed by atoms with Crippen LogP contribution in [0.1, 0.15) is 24.2 Å². The standard InChI is InChI=1S/C12H18N2O3S/c1-3-18(16,17)8-9(2)14-12(15)10-6-4-5-7-11(10)13/h4-7,9H,3,8,13H2,1-2H3,(H,14,15). The lowest BCUT2D eigenvalue weighted by Gasteiger charge is -2.14. The molecule has 0 aliphatic rings. The van der Waals surface area contributed by atoms with Crippen molar-refractivity contribution in [2.75, 3.05) is 17.2 Å². The van der Waals surface area contributed by atoms with Crippen LogP contribution in [-0.2, 0) is 9.84 Å². The molecule has 0 aliphatic heterocycles. The maximum Gasteiger partial charge on any atom is 0.253 e. The topological polar surface area (TPSA) is 89.3 Å². The molecule has 0 spiro atoms. The number of nitrogens with two attached hydrogens (primary N) is 1. The molecule has 1 aromatic rings. The van der Waals surface area contributed by atoms with Crippen molar-refractivity contribution < 1.29 is 13.2 Å². The third-order valence-electron chi connectivity index (χ3n) is 2.53. The molecule has 0 aliphatic carbocycles.